The molecule has 0 fully saturated rings. The van der Waals surface area contributed by atoms with E-state index in [4.69, 9.17) is 9.05 Å². The summed E-state index contributed by atoms with van der Waals surface area (Å²) >= 11 is 0. The number of quaternary nitrogens is 1. The predicted molar refractivity (Wildman–Crippen MR) is 330 cm³/mol. The fourth-order valence-corrected chi connectivity index (χ4v) is 11.4. The molecule has 0 aromatic rings. The molecule has 0 radical (unpaired) electrons. The van der Waals surface area contributed by atoms with Crippen LogP contribution in [0.3, 0.4) is 0 Å². The molecule has 2 N–H and O–H groups in total. The van der Waals surface area contributed by atoms with Gasteiger partial charge in [0.2, 0.25) is 5.91 Å². The van der Waals surface area contributed by atoms with E-state index in [0.717, 1.165) is 38.5 Å². The molecule has 0 heterocycles. The molecule has 0 saturated carbocycles. The van der Waals surface area contributed by atoms with Gasteiger partial charge in [0.1, 0.15) is 13.2 Å². The van der Waals surface area contributed by atoms with Crippen LogP contribution in [0.25, 0.3) is 0 Å². The number of carbonyl (C=O) groups excluding carboxylic acids is 1. The van der Waals surface area contributed by atoms with Crippen LogP contribution >= 0.6 is 7.82 Å². The van der Waals surface area contributed by atoms with Crippen LogP contribution in [-0.4, -0.2) is 68.5 Å². The van der Waals surface area contributed by atoms with Gasteiger partial charge in [0, 0.05) is 6.42 Å². The Morgan fingerprint density at radius 1 is 0.447 bits per heavy atom. The van der Waals surface area contributed by atoms with Crippen molar-refractivity contribution in [3.05, 3.63) is 12.2 Å². The number of phosphoric ester groups is 1. The number of nitrogens with one attached hydrogen (secondary N) is 1. The van der Waals surface area contributed by atoms with E-state index in [2.05, 4.69) is 19.2 Å². The van der Waals surface area contributed by atoms with E-state index in [1.54, 1.807) is 6.08 Å². The SMILES string of the molecule is CCCCCCCCCCCCCCCCCCCCCCCCCC/C=C/C(O)C(COP(=O)([O-])OCC[N+](C)(C)C)NC(=O)CCCCCCCCCCCCCCCCCCCCCCCCCCCCCC. The summed E-state index contributed by atoms with van der Waals surface area (Å²) in [6.07, 6.45) is 74.7. The second-order valence-electron chi connectivity index (χ2n) is 24.9. The monoisotopic (exact) mass is 1100 g/mol. The highest BCUT2D eigenvalue weighted by Gasteiger charge is 2.23. The Hall–Kier alpha value is -0.760. The molecule has 0 aliphatic carbocycles. The van der Waals surface area contributed by atoms with E-state index >= 15 is 0 Å². The van der Waals surface area contributed by atoms with Gasteiger partial charge in [-0.3, -0.25) is 9.36 Å². The maximum atomic E-state index is 13.0. The lowest BCUT2D eigenvalue weighted by atomic mass is 10.0. The van der Waals surface area contributed by atoms with Gasteiger partial charge in [-0.25, -0.2) is 0 Å². The number of unbranched alkanes of at least 4 members (excludes halogenated alkanes) is 51. The molecule has 0 aromatic carbocycles. The molecular weight excluding hydrogens is 960 g/mol. The summed E-state index contributed by atoms with van der Waals surface area (Å²) in [5.74, 6) is -0.187. The number of hydrogen-bond acceptors (Lipinski definition) is 6. The van der Waals surface area contributed by atoms with Crippen LogP contribution in [0.4, 0.5) is 0 Å². The second kappa shape index (κ2) is 58.9. The number of likely N-dealkylation sites (N-methyl/N-ethyl adjacent to an activating group) is 1. The number of nitrogens with zero attached hydrogens (tertiary/aromatic N) is 1. The molecule has 3 atom stereocenters. The smallest absolute Gasteiger partial charge is 0.268 e. The van der Waals surface area contributed by atoms with Gasteiger partial charge in [-0.2, -0.15) is 0 Å². The third-order valence-electron chi connectivity index (χ3n) is 16.0. The number of carbonyl (C=O) groups is 1. The van der Waals surface area contributed by atoms with E-state index in [1.165, 1.54) is 302 Å². The molecule has 0 aliphatic rings. The zero-order valence-electron chi connectivity index (χ0n) is 52.0. The third kappa shape index (κ3) is 60.9. The maximum absolute atomic E-state index is 13.0. The zero-order chi connectivity index (χ0) is 55.6. The van der Waals surface area contributed by atoms with Crippen molar-refractivity contribution in [1.29, 1.82) is 0 Å². The van der Waals surface area contributed by atoms with Crippen molar-refractivity contribution in [2.75, 3.05) is 40.9 Å². The van der Waals surface area contributed by atoms with Crippen molar-refractivity contribution in [3.63, 3.8) is 0 Å². The molecule has 76 heavy (non-hydrogen) atoms. The number of allylic oxidation sites excluding steroid dienone is 1. The number of aliphatic hydroxyl groups is 1. The van der Waals surface area contributed by atoms with Gasteiger partial charge < -0.3 is 28.8 Å². The van der Waals surface area contributed by atoms with Crippen molar-refractivity contribution in [2.24, 2.45) is 0 Å². The number of amides is 1. The molecule has 0 rings (SSSR count). The largest absolute Gasteiger partial charge is 0.756 e. The number of rotatable bonds is 64. The highest BCUT2D eigenvalue weighted by Crippen LogP contribution is 2.38. The van der Waals surface area contributed by atoms with Crippen molar-refractivity contribution in [3.8, 4) is 0 Å². The minimum atomic E-state index is -4.60. The quantitative estimate of drug-likeness (QED) is 0.0272. The summed E-state index contributed by atoms with van der Waals surface area (Å²) in [5, 5.41) is 14.0. The Morgan fingerprint density at radius 3 is 0.987 bits per heavy atom. The highest BCUT2D eigenvalue weighted by molar-refractivity contribution is 7.45. The normalized spacial score (nSPS) is 13.7. The van der Waals surface area contributed by atoms with E-state index < -0.39 is 20.0 Å². The molecule has 1 amide bonds. The zero-order valence-corrected chi connectivity index (χ0v) is 52.9. The third-order valence-corrected chi connectivity index (χ3v) is 17.0. The van der Waals surface area contributed by atoms with Crippen molar-refractivity contribution >= 4 is 13.7 Å². The minimum Gasteiger partial charge on any atom is -0.756 e. The molecule has 454 valence electrons. The standard InChI is InChI=1S/C67H135N2O6P/c1-6-8-10-12-14-16-18-20-22-24-26-28-30-32-34-35-37-39-41-43-45-47-49-51-53-55-57-59-61-67(71)68-65(64-75-76(72,73)74-63-62-69(3,4)5)66(70)60-58-56-54-52-50-48-46-44-42-40-38-36-33-31-29-27-25-23-21-19-17-15-13-11-9-7-2/h58,60,65-66,70H,6-57,59,61-64H2,1-5H3,(H-,68,71,72,73)/b60-58+. The molecule has 8 nitrogen and oxygen atoms in total. The predicted octanol–water partition coefficient (Wildman–Crippen LogP) is 20.7. The van der Waals surface area contributed by atoms with Crippen molar-refractivity contribution in [2.45, 2.75) is 373 Å². The Balaban J connectivity index is 4.05. The lowest BCUT2D eigenvalue weighted by Crippen LogP contribution is -2.45. The molecule has 3 unspecified atom stereocenters. The van der Waals surface area contributed by atoms with Crippen molar-refractivity contribution in [1.82, 2.24) is 5.32 Å². The maximum Gasteiger partial charge on any atom is 0.268 e. The Kier molecular flexibility index (Phi) is 58.3. The average molecular weight is 1100 g/mol. The number of aliphatic hydroxyl groups excluding tert-OH is 1. The van der Waals surface area contributed by atoms with E-state index in [1.807, 2.05) is 27.2 Å². The topological polar surface area (TPSA) is 108 Å². The molecule has 0 spiro atoms. The summed E-state index contributed by atoms with van der Waals surface area (Å²) in [6, 6.07) is -0.883. The minimum absolute atomic E-state index is 0.00298. The molecular formula is C67H135N2O6P. The number of phosphoric acid groups is 1. The van der Waals surface area contributed by atoms with Crippen LogP contribution in [0.2, 0.25) is 0 Å². The van der Waals surface area contributed by atoms with Gasteiger partial charge in [0.05, 0.1) is 39.9 Å². The Bertz CT molecular complexity index is 1240. The van der Waals surface area contributed by atoms with Gasteiger partial charge in [-0.15, -0.1) is 0 Å². The van der Waals surface area contributed by atoms with E-state index in [0.29, 0.717) is 17.4 Å². The summed E-state index contributed by atoms with van der Waals surface area (Å²) in [7, 11) is 1.28. The van der Waals surface area contributed by atoms with Crippen LogP contribution in [0.1, 0.15) is 361 Å². The van der Waals surface area contributed by atoms with Gasteiger partial charge in [-0.05, 0) is 19.3 Å². The van der Waals surface area contributed by atoms with Gasteiger partial charge in [0.25, 0.3) is 7.82 Å². The lowest BCUT2D eigenvalue weighted by Gasteiger charge is -2.29. The Morgan fingerprint density at radius 2 is 0.711 bits per heavy atom. The van der Waals surface area contributed by atoms with E-state index in [9.17, 15) is 19.4 Å². The molecule has 0 aromatic heterocycles. The van der Waals surface area contributed by atoms with Gasteiger partial charge in [0.15, 0.2) is 0 Å². The lowest BCUT2D eigenvalue weighted by molar-refractivity contribution is -0.870. The second-order valence-corrected chi connectivity index (χ2v) is 26.3. The average Bonchev–Trinajstić information content (AvgIpc) is 3.38. The first-order valence-corrected chi connectivity index (χ1v) is 35.5. The molecule has 0 aliphatic heterocycles. The Labute approximate surface area is 475 Å². The first-order valence-electron chi connectivity index (χ1n) is 34.1. The molecule has 9 heteroatoms. The first kappa shape index (κ1) is 75.2. The first-order chi connectivity index (χ1) is 37.0. The molecule has 0 bridgehead atoms. The van der Waals surface area contributed by atoms with E-state index in [-0.39, 0.29) is 19.1 Å². The van der Waals surface area contributed by atoms with Crippen LogP contribution in [0.15, 0.2) is 12.2 Å². The summed E-state index contributed by atoms with van der Waals surface area (Å²) in [4.78, 5) is 25.6. The van der Waals surface area contributed by atoms with Crippen LogP contribution < -0.4 is 10.2 Å². The fraction of sp³-hybridized carbons (Fsp3) is 0.955. The van der Waals surface area contributed by atoms with Crippen molar-refractivity contribution < 1.29 is 32.9 Å². The summed E-state index contributed by atoms with van der Waals surface area (Å²) in [6.45, 7) is 4.72. The number of hydrogen-bond donors (Lipinski definition) is 2. The fourth-order valence-electron chi connectivity index (χ4n) is 10.7. The summed E-state index contributed by atoms with van der Waals surface area (Å²) in [5.41, 5.74) is 0. The molecule has 0 saturated heterocycles. The highest BCUT2D eigenvalue weighted by atomic mass is 31.2. The van der Waals surface area contributed by atoms with Crippen LogP contribution in [0, 0.1) is 0 Å². The summed E-state index contributed by atoms with van der Waals surface area (Å²) < 4.78 is 23.5. The van der Waals surface area contributed by atoms with Crippen LogP contribution in [0.5, 0.6) is 0 Å². The van der Waals surface area contributed by atoms with Gasteiger partial charge >= 0.3 is 0 Å². The van der Waals surface area contributed by atoms with Gasteiger partial charge in [-0.1, -0.05) is 347 Å². The van der Waals surface area contributed by atoms with Crippen LogP contribution in [-0.2, 0) is 18.4 Å².